The third-order valence-electron chi connectivity index (χ3n) is 5.79. The van der Waals surface area contributed by atoms with Crippen molar-refractivity contribution in [2.45, 2.75) is 45.6 Å². The fourth-order valence-electron chi connectivity index (χ4n) is 4.21. The van der Waals surface area contributed by atoms with Gasteiger partial charge in [-0.15, -0.1) is 11.3 Å². The van der Waals surface area contributed by atoms with Crippen LogP contribution in [0.3, 0.4) is 0 Å². The lowest BCUT2D eigenvalue weighted by molar-refractivity contribution is 0.0950. The number of amides is 1. The molecular weight excluding hydrogens is 340 g/mol. The summed E-state index contributed by atoms with van der Waals surface area (Å²) in [7, 11) is 0. The van der Waals surface area contributed by atoms with E-state index in [1.54, 1.807) is 11.3 Å². The maximum atomic E-state index is 12.6. The van der Waals surface area contributed by atoms with E-state index in [0.29, 0.717) is 0 Å². The third kappa shape index (κ3) is 3.86. The Labute approximate surface area is 160 Å². The second-order valence-electron chi connectivity index (χ2n) is 7.80. The van der Waals surface area contributed by atoms with Gasteiger partial charge in [-0.25, -0.2) is 0 Å². The zero-order valence-corrected chi connectivity index (χ0v) is 16.4. The summed E-state index contributed by atoms with van der Waals surface area (Å²) in [6.45, 7) is 6.29. The number of thiophene rings is 1. The molecule has 1 aliphatic heterocycles. The van der Waals surface area contributed by atoms with Crippen molar-refractivity contribution in [1.29, 1.82) is 0 Å². The molecule has 0 unspecified atom stereocenters. The monoisotopic (exact) mass is 368 g/mol. The molecule has 0 fully saturated rings. The zero-order valence-electron chi connectivity index (χ0n) is 15.6. The Balaban J connectivity index is 1.24. The number of benzene rings is 1. The molecule has 2 aliphatic rings. The highest BCUT2D eigenvalue weighted by Gasteiger charge is 2.23. The molecule has 1 atom stereocenters. The van der Waals surface area contributed by atoms with Gasteiger partial charge in [0.05, 0.1) is 5.56 Å². The van der Waals surface area contributed by atoms with Crippen molar-refractivity contribution in [3.8, 4) is 0 Å². The molecule has 26 heavy (non-hydrogen) atoms. The number of hydrogen-bond acceptors (Lipinski definition) is 3. The van der Waals surface area contributed by atoms with Crippen LogP contribution in [0.4, 0.5) is 0 Å². The molecule has 1 amide bonds. The van der Waals surface area contributed by atoms with Crippen LogP contribution in [-0.4, -0.2) is 30.4 Å². The van der Waals surface area contributed by atoms with E-state index >= 15 is 0 Å². The fourth-order valence-corrected chi connectivity index (χ4v) is 5.46. The van der Waals surface area contributed by atoms with Gasteiger partial charge in [-0.3, -0.25) is 9.69 Å². The van der Waals surface area contributed by atoms with E-state index in [1.807, 2.05) is 0 Å². The highest BCUT2D eigenvalue weighted by Crippen LogP contribution is 2.32. The Morgan fingerprint density at radius 3 is 3.00 bits per heavy atom. The molecule has 3 nitrogen and oxygen atoms in total. The Morgan fingerprint density at radius 1 is 1.27 bits per heavy atom. The number of carbonyl (C=O) groups excluding carboxylic acids is 1. The van der Waals surface area contributed by atoms with Gasteiger partial charge in [-0.2, -0.15) is 0 Å². The maximum absolute atomic E-state index is 12.6. The highest BCUT2D eigenvalue weighted by atomic mass is 32.1. The van der Waals surface area contributed by atoms with E-state index in [0.717, 1.165) is 63.3 Å². The van der Waals surface area contributed by atoms with E-state index in [9.17, 15) is 4.79 Å². The van der Waals surface area contributed by atoms with Gasteiger partial charge in [0, 0.05) is 36.4 Å². The minimum atomic E-state index is 0.126. The van der Waals surface area contributed by atoms with Gasteiger partial charge in [0.2, 0.25) is 0 Å². The Hall–Kier alpha value is -1.65. The van der Waals surface area contributed by atoms with E-state index in [2.05, 4.69) is 46.8 Å². The predicted molar refractivity (Wildman–Crippen MR) is 108 cm³/mol. The molecule has 1 aliphatic carbocycles. The number of fused-ring (bicyclic) bond motifs is 2. The van der Waals surface area contributed by atoms with E-state index in [1.165, 1.54) is 28.0 Å². The molecule has 0 saturated heterocycles. The van der Waals surface area contributed by atoms with Gasteiger partial charge in [-0.1, -0.05) is 31.2 Å². The first-order valence-electron chi connectivity index (χ1n) is 9.87. The van der Waals surface area contributed by atoms with Crippen molar-refractivity contribution < 1.29 is 4.79 Å². The molecule has 0 radical (unpaired) electrons. The fraction of sp³-hybridized carbons (Fsp3) is 0.500. The lowest BCUT2D eigenvalue weighted by atomic mass is 9.88. The van der Waals surface area contributed by atoms with Crippen LogP contribution in [0.5, 0.6) is 0 Å². The van der Waals surface area contributed by atoms with Crippen molar-refractivity contribution in [2.75, 3.05) is 19.6 Å². The summed E-state index contributed by atoms with van der Waals surface area (Å²) in [4.78, 5) is 16.5. The van der Waals surface area contributed by atoms with Crippen molar-refractivity contribution in [1.82, 2.24) is 10.2 Å². The van der Waals surface area contributed by atoms with Gasteiger partial charge in [0.25, 0.3) is 5.91 Å². The number of nitrogens with one attached hydrogen (secondary N) is 1. The van der Waals surface area contributed by atoms with Crippen LogP contribution in [0, 0.1) is 5.92 Å². The smallest absolute Gasteiger partial charge is 0.252 e. The van der Waals surface area contributed by atoms with Gasteiger partial charge in [0.1, 0.15) is 0 Å². The molecule has 1 aromatic heterocycles. The van der Waals surface area contributed by atoms with Crippen molar-refractivity contribution in [2.24, 2.45) is 5.92 Å². The summed E-state index contributed by atoms with van der Waals surface area (Å²) in [5.41, 5.74) is 5.21. The average Bonchev–Trinajstić information content (AvgIpc) is 3.08. The summed E-state index contributed by atoms with van der Waals surface area (Å²) in [6.07, 6.45) is 5.57. The normalized spacial score (nSPS) is 19.7. The van der Waals surface area contributed by atoms with Crippen LogP contribution in [0.25, 0.3) is 0 Å². The van der Waals surface area contributed by atoms with Crippen LogP contribution >= 0.6 is 11.3 Å². The van der Waals surface area contributed by atoms with Crippen LogP contribution < -0.4 is 5.32 Å². The van der Waals surface area contributed by atoms with E-state index < -0.39 is 0 Å². The third-order valence-corrected chi connectivity index (χ3v) is 6.84. The van der Waals surface area contributed by atoms with Gasteiger partial charge >= 0.3 is 0 Å². The number of hydrogen-bond donors (Lipinski definition) is 1. The SMILES string of the molecule is C[C@H]1CCc2c(C(=O)NCCCN3CCc4ccccc4C3)csc2C1. The molecule has 4 rings (SSSR count). The molecule has 2 aromatic rings. The molecule has 138 valence electrons. The minimum Gasteiger partial charge on any atom is -0.352 e. The Kier molecular flexibility index (Phi) is 5.41. The summed E-state index contributed by atoms with van der Waals surface area (Å²) in [6, 6.07) is 8.75. The summed E-state index contributed by atoms with van der Waals surface area (Å²) in [5, 5.41) is 5.22. The van der Waals surface area contributed by atoms with Crippen LogP contribution in [-0.2, 0) is 25.8 Å². The molecular formula is C22H28N2OS. The quantitative estimate of drug-likeness (QED) is 0.808. The highest BCUT2D eigenvalue weighted by molar-refractivity contribution is 7.10. The second-order valence-corrected chi connectivity index (χ2v) is 8.77. The number of nitrogens with zero attached hydrogens (tertiary/aromatic N) is 1. The van der Waals surface area contributed by atoms with Crippen molar-refractivity contribution >= 4 is 17.2 Å². The molecule has 1 N–H and O–H groups in total. The zero-order chi connectivity index (χ0) is 17.9. The molecule has 0 bridgehead atoms. The first kappa shape index (κ1) is 17.7. The molecule has 2 heterocycles. The predicted octanol–water partition coefficient (Wildman–Crippen LogP) is 4.05. The number of rotatable bonds is 5. The minimum absolute atomic E-state index is 0.126. The summed E-state index contributed by atoms with van der Waals surface area (Å²) in [5.74, 6) is 0.882. The van der Waals surface area contributed by atoms with Gasteiger partial charge in [-0.05, 0) is 54.7 Å². The van der Waals surface area contributed by atoms with Crippen molar-refractivity contribution in [3.63, 3.8) is 0 Å². The Morgan fingerprint density at radius 2 is 2.12 bits per heavy atom. The lowest BCUT2D eigenvalue weighted by Crippen LogP contribution is -2.33. The average molecular weight is 369 g/mol. The molecule has 4 heteroatoms. The number of carbonyl (C=O) groups is 1. The van der Waals surface area contributed by atoms with Gasteiger partial charge < -0.3 is 5.32 Å². The molecule has 0 spiro atoms. The first-order valence-corrected chi connectivity index (χ1v) is 10.7. The topological polar surface area (TPSA) is 32.3 Å². The van der Waals surface area contributed by atoms with Crippen molar-refractivity contribution in [3.05, 3.63) is 56.8 Å². The van der Waals surface area contributed by atoms with E-state index in [4.69, 9.17) is 0 Å². The van der Waals surface area contributed by atoms with Gasteiger partial charge in [0.15, 0.2) is 0 Å². The molecule has 0 saturated carbocycles. The largest absolute Gasteiger partial charge is 0.352 e. The van der Waals surface area contributed by atoms with E-state index in [-0.39, 0.29) is 5.91 Å². The Bertz CT molecular complexity index is 782. The second kappa shape index (κ2) is 7.93. The maximum Gasteiger partial charge on any atom is 0.252 e. The van der Waals surface area contributed by atoms with Crippen LogP contribution in [0.2, 0.25) is 0 Å². The first-order chi connectivity index (χ1) is 12.7. The molecule has 1 aromatic carbocycles. The van der Waals surface area contributed by atoms with Crippen LogP contribution in [0.15, 0.2) is 29.6 Å². The summed E-state index contributed by atoms with van der Waals surface area (Å²) < 4.78 is 0. The summed E-state index contributed by atoms with van der Waals surface area (Å²) >= 11 is 1.77. The van der Waals surface area contributed by atoms with Crippen LogP contribution in [0.1, 0.15) is 51.7 Å². The standard InChI is InChI=1S/C22H28N2OS/c1-16-7-8-19-20(15-26-21(19)13-16)22(25)23-10-4-11-24-12-9-17-5-2-3-6-18(17)14-24/h2-3,5-6,15-16H,4,7-14H2,1H3,(H,23,25)/t16-/m0/s1. The lowest BCUT2D eigenvalue weighted by Gasteiger charge is -2.28.